The third kappa shape index (κ3) is 4.05. The van der Waals surface area contributed by atoms with E-state index in [1.165, 1.54) is 49.6 Å². The van der Waals surface area contributed by atoms with Gasteiger partial charge in [0.1, 0.15) is 10.6 Å². The summed E-state index contributed by atoms with van der Waals surface area (Å²) >= 11 is 3.00. The number of fused-ring (bicyclic) bond motifs is 2. The van der Waals surface area contributed by atoms with Crippen molar-refractivity contribution in [3.05, 3.63) is 47.2 Å². The monoisotopic (exact) mass is 442 g/mol. The largest absolute Gasteiger partial charge is 0.381 e. The average Bonchev–Trinajstić information content (AvgIpc) is 3.51. The standard InChI is InChI=1S/C14H8FN3S2.C8H15NO/c15-9-5-13-12(17-7-20-13)6-11(9)18-10-1-3-16-14-8(10)2-4-19-14;1-2-8(9-5-1)3-6-10-7-4-8/h1-7H,(H,16,18);9H,1-7H2. The van der Waals surface area contributed by atoms with Crippen molar-refractivity contribution in [3.8, 4) is 0 Å². The number of thiophene rings is 1. The number of hydrogen-bond donors (Lipinski definition) is 2. The highest BCUT2D eigenvalue weighted by Gasteiger charge is 2.34. The minimum atomic E-state index is -0.276. The van der Waals surface area contributed by atoms with E-state index in [4.69, 9.17) is 4.74 Å². The molecule has 0 aliphatic carbocycles. The smallest absolute Gasteiger partial charge is 0.148 e. The van der Waals surface area contributed by atoms with E-state index in [-0.39, 0.29) is 5.82 Å². The molecular formula is C22H23FN4OS2. The van der Waals surface area contributed by atoms with Crippen molar-refractivity contribution in [3.63, 3.8) is 0 Å². The Balaban J connectivity index is 0.000000161. The number of ether oxygens (including phenoxy) is 1. The number of benzene rings is 1. The zero-order valence-corrected chi connectivity index (χ0v) is 18.1. The first-order valence-corrected chi connectivity index (χ1v) is 11.9. The van der Waals surface area contributed by atoms with Crippen LogP contribution in [0.5, 0.6) is 0 Å². The van der Waals surface area contributed by atoms with Crippen molar-refractivity contribution in [1.29, 1.82) is 0 Å². The summed E-state index contributed by atoms with van der Waals surface area (Å²) in [4.78, 5) is 9.43. The summed E-state index contributed by atoms with van der Waals surface area (Å²) < 4.78 is 20.3. The summed E-state index contributed by atoms with van der Waals surface area (Å²) in [7, 11) is 0. The van der Waals surface area contributed by atoms with Crippen molar-refractivity contribution in [2.24, 2.45) is 0 Å². The lowest BCUT2D eigenvalue weighted by atomic mass is 9.89. The van der Waals surface area contributed by atoms with Gasteiger partial charge in [-0.3, -0.25) is 0 Å². The first kappa shape index (κ1) is 19.8. The predicted molar refractivity (Wildman–Crippen MR) is 123 cm³/mol. The molecule has 2 aliphatic rings. The Bertz CT molecular complexity index is 1140. The van der Waals surface area contributed by atoms with Crippen molar-refractivity contribution in [2.45, 2.75) is 31.2 Å². The van der Waals surface area contributed by atoms with Gasteiger partial charge in [0.25, 0.3) is 0 Å². The van der Waals surface area contributed by atoms with Crippen molar-refractivity contribution >= 4 is 54.5 Å². The van der Waals surface area contributed by atoms with Gasteiger partial charge >= 0.3 is 0 Å². The molecule has 6 rings (SSSR count). The molecule has 0 amide bonds. The molecule has 0 unspecified atom stereocenters. The molecule has 0 atom stereocenters. The molecule has 2 saturated heterocycles. The summed E-state index contributed by atoms with van der Waals surface area (Å²) in [6, 6.07) is 7.08. The fourth-order valence-electron chi connectivity index (χ4n) is 4.16. The maximum Gasteiger partial charge on any atom is 0.148 e. The first-order valence-electron chi connectivity index (χ1n) is 10.2. The van der Waals surface area contributed by atoms with E-state index in [2.05, 4.69) is 20.6 Å². The van der Waals surface area contributed by atoms with Gasteiger partial charge in [-0.25, -0.2) is 14.4 Å². The van der Waals surface area contributed by atoms with Crippen LogP contribution in [0.2, 0.25) is 0 Å². The van der Waals surface area contributed by atoms with Gasteiger partial charge in [0.15, 0.2) is 0 Å². The van der Waals surface area contributed by atoms with Crippen molar-refractivity contribution < 1.29 is 9.13 Å². The highest BCUT2D eigenvalue weighted by molar-refractivity contribution is 7.17. The number of halogens is 1. The first-order chi connectivity index (χ1) is 14.7. The number of thiazole rings is 1. The van der Waals surface area contributed by atoms with Crippen molar-refractivity contribution in [2.75, 3.05) is 25.1 Å². The molecule has 30 heavy (non-hydrogen) atoms. The zero-order chi connectivity index (χ0) is 20.4. The van der Waals surface area contributed by atoms with Crippen LogP contribution in [0, 0.1) is 5.82 Å². The molecule has 8 heteroatoms. The molecule has 0 radical (unpaired) electrons. The van der Waals surface area contributed by atoms with Crippen LogP contribution in [0.4, 0.5) is 15.8 Å². The molecular weight excluding hydrogens is 419 g/mol. The Morgan fingerprint density at radius 1 is 1.07 bits per heavy atom. The highest BCUT2D eigenvalue weighted by atomic mass is 32.1. The Labute approximate surface area is 182 Å². The van der Waals surface area contributed by atoms with Gasteiger partial charge < -0.3 is 15.4 Å². The molecule has 5 nitrogen and oxygen atoms in total. The number of nitrogens with one attached hydrogen (secondary N) is 2. The maximum absolute atomic E-state index is 14.1. The lowest BCUT2D eigenvalue weighted by Gasteiger charge is -2.33. The van der Waals surface area contributed by atoms with Gasteiger partial charge in [-0.1, -0.05) is 0 Å². The van der Waals surface area contributed by atoms with Crippen LogP contribution < -0.4 is 10.6 Å². The van der Waals surface area contributed by atoms with E-state index >= 15 is 0 Å². The Hall–Kier alpha value is -2.13. The van der Waals surface area contributed by atoms with Crippen molar-refractivity contribution in [1.82, 2.24) is 15.3 Å². The second-order valence-electron chi connectivity index (χ2n) is 7.70. The van der Waals surface area contributed by atoms with E-state index in [9.17, 15) is 4.39 Å². The Morgan fingerprint density at radius 3 is 2.80 bits per heavy atom. The Morgan fingerprint density at radius 2 is 1.97 bits per heavy atom. The zero-order valence-electron chi connectivity index (χ0n) is 16.5. The number of hydrogen-bond acceptors (Lipinski definition) is 7. The summed E-state index contributed by atoms with van der Waals surface area (Å²) in [6.45, 7) is 3.15. The molecule has 0 saturated carbocycles. The van der Waals surface area contributed by atoms with Gasteiger partial charge in [-0.05, 0) is 61.9 Å². The normalized spacial score (nSPS) is 17.9. The van der Waals surface area contributed by atoms with E-state index in [0.29, 0.717) is 11.2 Å². The molecule has 2 fully saturated rings. The van der Waals surface area contributed by atoms with Gasteiger partial charge in [0.2, 0.25) is 0 Å². The molecule has 156 valence electrons. The number of pyridine rings is 1. The predicted octanol–water partition coefficient (Wildman–Crippen LogP) is 5.71. The fourth-order valence-corrected chi connectivity index (χ4v) is 5.61. The molecule has 1 aromatic carbocycles. The molecule has 1 spiro atoms. The minimum absolute atomic E-state index is 0.276. The van der Waals surface area contributed by atoms with Gasteiger partial charge in [0.05, 0.1) is 27.1 Å². The molecule has 0 bridgehead atoms. The van der Waals surface area contributed by atoms with Crippen LogP contribution in [-0.2, 0) is 4.74 Å². The number of rotatable bonds is 2. The lowest BCUT2D eigenvalue weighted by Crippen LogP contribution is -2.44. The van der Waals surface area contributed by atoms with Crippen LogP contribution >= 0.6 is 22.7 Å². The Kier molecular flexibility index (Phi) is 5.64. The lowest BCUT2D eigenvalue weighted by molar-refractivity contribution is 0.0458. The number of aromatic nitrogens is 2. The third-order valence-corrected chi connectivity index (χ3v) is 7.45. The fraction of sp³-hybridized carbons (Fsp3) is 0.364. The average molecular weight is 443 g/mol. The number of anilines is 2. The van der Waals surface area contributed by atoms with Gasteiger partial charge in [-0.15, -0.1) is 22.7 Å². The molecule has 3 aromatic heterocycles. The second kappa shape index (κ2) is 8.55. The number of nitrogens with zero attached hydrogens (tertiary/aromatic N) is 2. The quantitative estimate of drug-likeness (QED) is 0.417. The minimum Gasteiger partial charge on any atom is -0.381 e. The molecule has 4 aromatic rings. The van der Waals surface area contributed by atoms with Crippen LogP contribution in [0.3, 0.4) is 0 Å². The molecule has 2 N–H and O–H groups in total. The van der Waals surface area contributed by atoms with Crippen LogP contribution in [-0.4, -0.2) is 35.3 Å². The SMILES string of the molecule is C1CNC2(C1)CCOCC2.Fc1cc2scnc2cc1Nc1ccnc2sccc12. The van der Waals surface area contributed by atoms with Crippen LogP contribution in [0.1, 0.15) is 25.7 Å². The van der Waals surface area contributed by atoms with Crippen LogP contribution in [0.25, 0.3) is 20.4 Å². The van der Waals surface area contributed by atoms with E-state index in [1.54, 1.807) is 29.1 Å². The second-order valence-corrected chi connectivity index (χ2v) is 9.48. The molecule has 2 aliphatic heterocycles. The van der Waals surface area contributed by atoms with E-state index in [0.717, 1.165) is 39.3 Å². The van der Waals surface area contributed by atoms with Gasteiger partial charge in [-0.2, -0.15) is 0 Å². The topological polar surface area (TPSA) is 59.1 Å². The summed E-state index contributed by atoms with van der Waals surface area (Å²) in [5.41, 5.74) is 4.30. The van der Waals surface area contributed by atoms with Gasteiger partial charge in [0, 0.05) is 30.3 Å². The van der Waals surface area contributed by atoms with E-state index < -0.39 is 0 Å². The maximum atomic E-state index is 14.1. The molecule has 5 heterocycles. The summed E-state index contributed by atoms with van der Waals surface area (Å²) in [6.07, 6.45) is 6.91. The third-order valence-electron chi connectivity index (χ3n) is 5.84. The van der Waals surface area contributed by atoms with E-state index in [1.807, 2.05) is 17.5 Å². The highest BCUT2D eigenvalue weighted by Crippen LogP contribution is 2.32. The summed E-state index contributed by atoms with van der Waals surface area (Å²) in [5.74, 6) is -0.276. The summed E-state index contributed by atoms with van der Waals surface area (Å²) in [5, 5.41) is 9.70. The van der Waals surface area contributed by atoms with Crippen LogP contribution in [0.15, 0.2) is 41.4 Å².